The first-order valence-electron chi connectivity index (χ1n) is 7.80. The van der Waals surface area contributed by atoms with E-state index in [1.807, 2.05) is 0 Å². The van der Waals surface area contributed by atoms with Gasteiger partial charge in [-0.15, -0.1) is 0 Å². The van der Waals surface area contributed by atoms with Gasteiger partial charge in [-0.05, 0) is 56.6 Å². The lowest BCUT2D eigenvalue weighted by Gasteiger charge is -2.32. The van der Waals surface area contributed by atoms with Crippen molar-refractivity contribution in [3.05, 3.63) is 47.1 Å². The second-order valence-corrected chi connectivity index (χ2v) is 6.77. The van der Waals surface area contributed by atoms with E-state index >= 15 is 0 Å². The molecule has 0 bridgehead atoms. The molecule has 0 fully saturated rings. The Balaban J connectivity index is 2.76. The lowest BCUT2D eigenvalue weighted by molar-refractivity contribution is 0.377. The summed E-state index contributed by atoms with van der Waals surface area (Å²) in [5, 5.41) is 0. The fourth-order valence-electron chi connectivity index (χ4n) is 2.76. The second kappa shape index (κ2) is 7.64. The van der Waals surface area contributed by atoms with Gasteiger partial charge in [0.25, 0.3) is 0 Å². The topological polar surface area (TPSA) is 26.0 Å². The maximum atomic E-state index is 5.60. The minimum atomic E-state index is 0.322. The van der Waals surface area contributed by atoms with Crippen LogP contribution in [0.2, 0.25) is 0 Å². The molecular formula is C19H31N. The number of nitrogens with two attached hydrogens (primary N) is 1. The van der Waals surface area contributed by atoms with Gasteiger partial charge in [0.15, 0.2) is 0 Å². The highest BCUT2D eigenvalue weighted by Crippen LogP contribution is 2.40. The van der Waals surface area contributed by atoms with Crippen LogP contribution >= 0.6 is 0 Å². The van der Waals surface area contributed by atoms with Gasteiger partial charge in [-0.25, -0.2) is 0 Å². The molecular weight excluding hydrogens is 242 g/mol. The molecule has 1 rings (SSSR count). The molecule has 0 aliphatic heterocycles. The Hall–Kier alpha value is -1.08. The van der Waals surface area contributed by atoms with Gasteiger partial charge in [0, 0.05) is 0 Å². The molecule has 1 aliphatic rings. The van der Waals surface area contributed by atoms with E-state index in [0.717, 1.165) is 0 Å². The van der Waals surface area contributed by atoms with Crippen LogP contribution in [-0.2, 0) is 0 Å². The lowest BCUT2D eigenvalue weighted by atomic mass is 9.72. The van der Waals surface area contributed by atoms with E-state index in [2.05, 4.69) is 65.0 Å². The van der Waals surface area contributed by atoms with Gasteiger partial charge in [-0.1, -0.05) is 62.3 Å². The maximum absolute atomic E-state index is 5.60. The first-order valence-corrected chi connectivity index (χ1v) is 7.80. The largest absolute Gasteiger partial charge is 0.330 e. The molecule has 1 aliphatic carbocycles. The molecule has 1 nitrogen and oxygen atoms in total. The van der Waals surface area contributed by atoms with E-state index in [4.69, 9.17) is 5.73 Å². The van der Waals surface area contributed by atoms with Gasteiger partial charge in [0.1, 0.15) is 0 Å². The van der Waals surface area contributed by atoms with Crippen molar-refractivity contribution in [2.24, 2.45) is 17.1 Å². The van der Waals surface area contributed by atoms with Gasteiger partial charge in [0.2, 0.25) is 0 Å². The highest BCUT2D eigenvalue weighted by Gasteiger charge is 2.26. The minimum Gasteiger partial charge on any atom is -0.330 e. The third-order valence-electron chi connectivity index (χ3n) is 4.23. The quantitative estimate of drug-likeness (QED) is 0.687. The molecule has 0 radical (unpaired) electrons. The number of hydrogen-bond acceptors (Lipinski definition) is 1. The van der Waals surface area contributed by atoms with Crippen LogP contribution in [0.3, 0.4) is 0 Å². The molecule has 0 spiro atoms. The van der Waals surface area contributed by atoms with E-state index in [9.17, 15) is 0 Å². The zero-order valence-corrected chi connectivity index (χ0v) is 13.9. The molecule has 0 aromatic heterocycles. The molecule has 0 saturated heterocycles. The Kier molecular flexibility index (Phi) is 6.48. The molecule has 1 unspecified atom stereocenters. The van der Waals surface area contributed by atoms with E-state index in [-0.39, 0.29) is 0 Å². The van der Waals surface area contributed by atoms with Crippen molar-refractivity contribution >= 4 is 0 Å². The average Bonchev–Trinajstić information content (AvgIpc) is 2.37. The summed E-state index contributed by atoms with van der Waals surface area (Å²) in [5.74, 6) is 0.449. The van der Waals surface area contributed by atoms with Gasteiger partial charge in [0.05, 0.1) is 0 Å². The van der Waals surface area contributed by atoms with E-state index < -0.39 is 0 Å². The third kappa shape index (κ3) is 5.13. The Bertz CT molecular complexity index is 433. The van der Waals surface area contributed by atoms with E-state index in [0.29, 0.717) is 17.9 Å². The Morgan fingerprint density at radius 3 is 2.70 bits per heavy atom. The zero-order valence-electron chi connectivity index (χ0n) is 13.9. The first kappa shape index (κ1) is 17.0. The highest BCUT2D eigenvalue weighted by atomic mass is 14.5. The van der Waals surface area contributed by atoms with Crippen molar-refractivity contribution in [1.82, 2.24) is 0 Å². The number of allylic oxidation sites excluding steroid dienone is 7. The monoisotopic (exact) mass is 273 g/mol. The molecule has 0 heterocycles. The molecule has 2 N–H and O–H groups in total. The van der Waals surface area contributed by atoms with Crippen molar-refractivity contribution < 1.29 is 0 Å². The smallest absolute Gasteiger partial charge is 0.00167 e. The molecule has 1 atom stereocenters. The summed E-state index contributed by atoms with van der Waals surface area (Å²) in [7, 11) is 0. The second-order valence-electron chi connectivity index (χ2n) is 6.77. The van der Waals surface area contributed by atoms with Crippen molar-refractivity contribution in [2.45, 2.75) is 53.9 Å². The minimum absolute atomic E-state index is 0.322. The van der Waals surface area contributed by atoms with Crippen LogP contribution in [0.15, 0.2) is 47.1 Å². The fourth-order valence-corrected chi connectivity index (χ4v) is 2.76. The van der Waals surface area contributed by atoms with Crippen LogP contribution in [-0.4, -0.2) is 6.54 Å². The van der Waals surface area contributed by atoms with Gasteiger partial charge in [-0.3, -0.25) is 0 Å². The van der Waals surface area contributed by atoms with Crippen molar-refractivity contribution in [3.8, 4) is 0 Å². The van der Waals surface area contributed by atoms with Crippen LogP contribution in [0.1, 0.15) is 53.9 Å². The first-order chi connectivity index (χ1) is 9.36. The molecule has 112 valence electrons. The van der Waals surface area contributed by atoms with Crippen LogP contribution in [0.25, 0.3) is 0 Å². The third-order valence-corrected chi connectivity index (χ3v) is 4.23. The summed E-state index contributed by atoms with van der Waals surface area (Å²) in [4.78, 5) is 0. The molecule has 0 amide bonds. The predicted octanol–water partition coefficient (Wildman–Crippen LogP) is 5.17. The molecule has 20 heavy (non-hydrogen) atoms. The standard InChI is InChI=1S/C19H31N/c1-15(8-6-9-16(2)14-20)11-12-18-17(3)10-7-13-19(18,4)5/h6,8-9,11-12,16H,7,10,13-14,20H2,1-5H3/b9-6-,12-11+,15-8+. The summed E-state index contributed by atoms with van der Waals surface area (Å²) >= 11 is 0. The summed E-state index contributed by atoms with van der Waals surface area (Å²) in [5.41, 5.74) is 10.3. The van der Waals surface area contributed by atoms with Crippen LogP contribution in [0.4, 0.5) is 0 Å². The van der Waals surface area contributed by atoms with Crippen LogP contribution in [0, 0.1) is 11.3 Å². The Morgan fingerprint density at radius 1 is 1.40 bits per heavy atom. The summed E-state index contributed by atoms with van der Waals surface area (Å²) < 4.78 is 0. The van der Waals surface area contributed by atoms with Gasteiger partial charge < -0.3 is 5.73 Å². The van der Waals surface area contributed by atoms with Crippen molar-refractivity contribution in [2.75, 3.05) is 6.54 Å². The number of hydrogen-bond donors (Lipinski definition) is 1. The maximum Gasteiger partial charge on any atom is -0.00167 e. The normalized spacial score (nSPS) is 22.0. The van der Waals surface area contributed by atoms with Crippen molar-refractivity contribution in [3.63, 3.8) is 0 Å². The summed E-state index contributed by atoms with van der Waals surface area (Å²) in [6, 6.07) is 0. The van der Waals surface area contributed by atoms with E-state index in [1.54, 1.807) is 5.57 Å². The molecule has 0 aromatic rings. The Morgan fingerprint density at radius 2 is 2.10 bits per heavy atom. The van der Waals surface area contributed by atoms with E-state index in [1.165, 1.54) is 30.4 Å². The zero-order chi connectivity index (χ0) is 15.2. The fraction of sp³-hybridized carbons (Fsp3) is 0.579. The molecule has 0 saturated carbocycles. The van der Waals surface area contributed by atoms with Crippen LogP contribution in [0.5, 0.6) is 0 Å². The van der Waals surface area contributed by atoms with Gasteiger partial charge in [-0.2, -0.15) is 0 Å². The predicted molar refractivity (Wildman–Crippen MR) is 90.6 cm³/mol. The Labute approximate surface area is 125 Å². The summed E-state index contributed by atoms with van der Waals surface area (Å²) in [6.45, 7) is 12.0. The molecule has 0 aromatic carbocycles. The summed E-state index contributed by atoms with van der Waals surface area (Å²) in [6.07, 6.45) is 14.9. The molecule has 1 heteroatoms. The van der Waals surface area contributed by atoms with Crippen LogP contribution < -0.4 is 5.73 Å². The van der Waals surface area contributed by atoms with Gasteiger partial charge >= 0.3 is 0 Å². The lowest BCUT2D eigenvalue weighted by Crippen LogP contribution is -2.19. The SMILES string of the molecule is CC1=C(/C=C/C(C)=C/C=C\C(C)CN)C(C)(C)CCC1. The average molecular weight is 273 g/mol. The highest BCUT2D eigenvalue weighted by molar-refractivity contribution is 5.36. The number of rotatable bonds is 5. The van der Waals surface area contributed by atoms with Crippen molar-refractivity contribution in [1.29, 1.82) is 0 Å².